The van der Waals surface area contributed by atoms with Gasteiger partial charge >= 0.3 is 0 Å². The molecule has 0 aliphatic rings. The normalized spacial score (nSPS) is 10.6. The fraction of sp³-hybridized carbons (Fsp3) is 0. The van der Waals surface area contributed by atoms with Crippen LogP contribution in [0.4, 0.5) is 0 Å². The Morgan fingerprint density at radius 1 is 0.269 bits per heavy atom. The Balaban J connectivity index is 1.26. The summed E-state index contributed by atoms with van der Waals surface area (Å²) in [6.07, 6.45) is 0. The summed E-state index contributed by atoms with van der Waals surface area (Å²) < 4.78 is 0. The lowest BCUT2D eigenvalue weighted by atomic mass is 10.00. The highest BCUT2D eigenvalue weighted by Crippen LogP contribution is 2.35. The van der Waals surface area contributed by atoms with Crippen LogP contribution in [0, 0.1) is 45.3 Å². The van der Waals surface area contributed by atoms with E-state index in [2.05, 4.69) is 24.3 Å². The van der Waals surface area contributed by atoms with Crippen molar-refractivity contribution in [2.75, 3.05) is 0 Å². The number of hydrogen-bond donors (Lipinski definition) is 0. The summed E-state index contributed by atoms with van der Waals surface area (Å²) in [5, 5.41) is 37.4. The zero-order valence-corrected chi connectivity index (χ0v) is 27.3. The maximum Gasteiger partial charge on any atom is 0.0991 e. The Morgan fingerprint density at radius 2 is 0.500 bits per heavy atom. The largest absolute Gasteiger partial charge is 0.244 e. The predicted octanol–water partition coefficient (Wildman–Crippen LogP) is 9.39. The third-order valence-corrected chi connectivity index (χ3v) is 8.81. The molecule has 8 rings (SSSR count). The van der Waals surface area contributed by atoms with Crippen LogP contribution in [0.15, 0.2) is 133 Å². The molecular weight excluding hydrogens is 641 g/mol. The van der Waals surface area contributed by atoms with E-state index in [0.29, 0.717) is 67.1 Å². The lowest BCUT2D eigenvalue weighted by Crippen LogP contribution is -1.97. The molecule has 0 fully saturated rings. The Hall–Kier alpha value is -8.04. The van der Waals surface area contributed by atoms with E-state index in [0.717, 1.165) is 33.4 Å². The van der Waals surface area contributed by atoms with Crippen LogP contribution >= 0.6 is 0 Å². The molecule has 0 aliphatic carbocycles. The molecule has 0 radical (unpaired) electrons. The van der Waals surface area contributed by atoms with Gasteiger partial charge in [0.25, 0.3) is 0 Å². The van der Waals surface area contributed by atoms with E-state index in [1.54, 1.807) is 48.5 Å². The third kappa shape index (κ3) is 5.82. The fourth-order valence-corrected chi connectivity index (χ4v) is 6.08. The van der Waals surface area contributed by atoms with E-state index in [9.17, 15) is 21.0 Å². The van der Waals surface area contributed by atoms with Crippen LogP contribution in [-0.4, -0.2) is 19.9 Å². The van der Waals surface area contributed by atoms with Crippen molar-refractivity contribution in [1.29, 1.82) is 21.0 Å². The number of rotatable bonds is 5. The maximum absolute atomic E-state index is 9.37. The van der Waals surface area contributed by atoms with Crippen LogP contribution in [0.1, 0.15) is 22.3 Å². The summed E-state index contributed by atoms with van der Waals surface area (Å²) in [5.41, 5.74) is 12.7. The second-order valence-corrected chi connectivity index (χ2v) is 12.0. The first kappa shape index (κ1) is 31.2. The van der Waals surface area contributed by atoms with Crippen LogP contribution in [0.2, 0.25) is 0 Å². The molecule has 8 nitrogen and oxygen atoms in total. The van der Waals surface area contributed by atoms with Crippen LogP contribution < -0.4 is 0 Å². The van der Waals surface area contributed by atoms with E-state index in [-0.39, 0.29) is 0 Å². The third-order valence-electron chi connectivity index (χ3n) is 8.81. The Bertz CT molecular complexity index is 2650. The van der Waals surface area contributed by atoms with Crippen molar-refractivity contribution in [2.45, 2.75) is 0 Å². The standard InChI is InChI=1S/C44H22N8/c45-23-27-1-9-31(10-2-27)41-43(33-13-5-29(25-47)6-14-33)51-39-21-35(17-19-37(39)49-41)36-18-20-38-40(22-36)52-44(34-15-7-30(26-48)8-16-34)42(50-38)32-11-3-28(24-46)4-12-32/h1-22H. The number of nitrogens with zero attached hydrogens (tertiary/aromatic N) is 8. The number of hydrogen-bond acceptors (Lipinski definition) is 8. The van der Waals surface area contributed by atoms with Gasteiger partial charge in [-0.3, -0.25) is 0 Å². The summed E-state index contributed by atoms with van der Waals surface area (Å²) in [6.45, 7) is 0. The first-order valence-electron chi connectivity index (χ1n) is 16.2. The van der Waals surface area contributed by atoms with Gasteiger partial charge in [-0.25, -0.2) is 19.9 Å². The van der Waals surface area contributed by atoms with Crippen molar-refractivity contribution in [3.05, 3.63) is 156 Å². The summed E-state index contributed by atoms with van der Waals surface area (Å²) in [4.78, 5) is 20.3. The average molecular weight is 663 g/mol. The maximum atomic E-state index is 9.37. The van der Waals surface area contributed by atoms with Gasteiger partial charge in [0.05, 0.1) is 91.4 Å². The molecule has 0 saturated heterocycles. The molecular formula is C44H22N8. The molecule has 0 N–H and O–H groups in total. The Morgan fingerprint density at radius 3 is 0.750 bits per heavy atom. The van der Waals surface area contributed by atoms with Gasteiger partial charge in [-0.15, -0.1) is 0 Å². The highest BCUT2D eigenvalue weighted by atomic mass is 14.8. The molecule has 238 valence electrons. The molecule has 0 aliphatic heterocycles. The van der Waals surface area contributed by atoms with Crippen LogP contribution in [0.3, 0.4) is 0 Å². The molecule has 0 saturated carbocycles. The van der Waals surface area contributed by atoms with Gasteiger partial charge < -0.3 is 0 Å². The Labute approximate surface area is 298 Å². The molecule has 6 aromatic carbocycles. The molecule has 8 aromatic rings. The number of fused-ring (bicyclic) bond motifs is 2. The smallest absolute Gasteiger partial charge is 0.0991 e. The minimum absolute atomic E-state index is 0.547. The first-order valence-corrected chi connectivity index (χ1v) is 16.2. The van der Waals surface area contributed by atoms with Gasteiger partial charge in [0.2, 0.25) is 0 Å². The second-order valence-electron chi connectivity index (χ2n) is 12.0. The van der Waals surface area contributed by atoms with Crippen molar-refractivity contribution in [3.8, 4) is 80.4 Å². The molecule has 0 spiro atoms. The van der Waals surface area contributed by atoms with Crippen LogP contribution in [0.5, 0.6) is 0 Å². The summed E-state index contributed by atoms with van der Waals surface area (Å²) in [7, 11) is 0. The monoisotopic (exact) mass is 662 g/mol. The van der Waals surface area contributed by atoms with E-state index >= 15 is 0 Å². The van der Waals surface area contributed by atoms with Crippen LogP contribution in [-0.2, 0) is 0 Å². The zero-order chi connectivity index (χ0) is 35.6. The summed E-state index contributed by atoms with van der Waals surface area (Å²) in [6, 6.07) is 49.5. The minimum atomic E-state index is 0.547. The van der Waals surface area contributed by atoms with Gasteiger partial charge in [-0.2, -0.15) is 21.0 Å². The van der Waals surface area contributed by atoms with Crippen molar-refractivity contribution in [3.63, 3.8) is 0 Å². The van der Waals surface area contributed by atoms with Crippen molar-refractivity contribution in [2.24, 2.45) is 0 Å². The molecule has 0 atom stereocenters. The van der Waals surface area contributed by atoms with Crippen LogP contribution in [0.25, 0.3) is 78.2 Å². The van der Waals surface area contributed by atoms with E-state index < -0.39 is 0 Å². The van der Waals surface area contributed by atoms with E-state index in [1.807, 2.05) is 84.9 Å². The molecule has 2 heterocycles. The second kappa shape index (κ2) is 13.1. The quantitative estimate of drug-likeness (QED) is 0.177. The van der Waals surface area contributed by atoms with Gasteiger partial charge in [0.1, 0.15) is 0 Å². The fourth-order valence-electron chi connectivity index (χ4n) is 6.08. The number of nitriles is 4. The lowest BCUT2D eigenvalue weighted by molar-refractivity contribution is 1.29. The molecule has 52 heavy (non-hydrogen) atoms. The van der Waals surface area contributed by atoms with Gasteiger partial charge in [0, 0.05) is 22.3 Å². The lowest BCUT2D eigenvalue weighted by Gasteiger charge is -2.13. The molecule has 0 bridgehead atoms. The highest BCUT2D eigenvalue weighted by Gasteiger charge is 2.17. The van der Waals surface area contributed by atoms with Crippen molar-refractivity contribution in [1.82, 2.24) is 19.9 Å². The van der Waals surface area contributed by atoms with Gasteiger partial charge in [-0.1, -0.05) is 60.7 Å². The predicted molar refractivity (Wildman–Crippen MR) is 199 cm³/mol. The van der Waals surface area contributed by atoms with Gasteiger partial charge in [-0.05, 0) is 83.9 Å². The van der Waals surface area contributed by atoms with Crippen molar-refractivity contribution >= 4 is 22.1 Å². The summed E-state index contributed by atoms with van der Waals surface area (Å²) >= 11 is 0. The number of aromatic nitrogens is 4. The molecule has 0 unspecified atom stereocenters. The zero-order valence-electron chi connectivity index (χ0n) is 27.3. The molecule has 0 amide bonds. The topological polar surface area (TPSA) is 147 Å². The average Bonchev–Trinajstić information content (AvgIpc) is 3.22. The molecule has 8 heteroatoms. The number of benzene rings is 6. The molecule has 2 aromatic heterocycles. The van der Waals surface area contributed by atoms with E-state index in [1.165, 1.54) is 0 Å². The first-order chi connectivity index (χ1) is 25.5. The Kier molecular flexibility index (Phi) is 7.88. The van der Waals surface area contributed by atoms with E-state index in [4.69, 9.17) is 19.9 Å². The van der Waals surface area contributed by atoms with Crippen molar-refractivity contribution < 1.29 is 0 Å². The highest BCUT2D eigenvalue weighted by molar-refractivity contribution is 5.92. The van der Waals surface area contributed by atoms with Gasteiger partial charge in [0.15, 0.2) is 0 Å². The SMILES string of the molecule is N#Cc1ccc(-c2nc3ccc(-c4ccc5nc(-c6ccc(C#N)cc6)c(-c6ccc(C#N)cc6)nc5c4)cc3nc2-c2ccc(C#N)cc2)cc1. The summed E-state index contributed by atoms with van der Waals surface area (Å²) in [5.74, 6) is 0. The minimum Gasteiger partial charge on any atom is -0.244 e.